The number of aliphatic hydroxyl groups is 1. The third-order valence-electron chi connectivity index (χ3n) is 4.66. The quantitative estimate of drug-likeness (QED) is 0.699. The van der Waals surface area contributed by atoms with Gasteiger partial charge >= 0.3 is 0 Å². The minimum absolute atomic E-state index is 0.0518. The van der Waals surface area contributed by atoms with Crippen molar-refractivity contribution < 1.29 is 18.3 Å². The first-order valence-corrected chi connectivity index (χ1v) is 10.3. The molecule has 1 unspecified atom stereocenters. The third kappa shape index (κ3) is 4.36. The topological polar surface area (TPSA) is 84.7 Å². The number of aliphatic hydroxyl groups excluding tert-OH is 1. The number of sulfone groups is 1. The van der Waals surface area contributed by atoms with Crippen LogP contribution in [0, 0.1) is 5.92 Å². The van der Waals surface area contributed by atoms with Crippen LogP contribution < -0.4 is 0 Å². The number of hydrogen-bond acceptors (Lipinski definition) is 6. The second kappa shape index (κ2) is 7.51. The number of imidazole rings is 1. The Morgan fingerprint density at radius 2 is 2.21 bits per heavy atom. The van der Waals surface area contributed by atoms with Crippen LogP contribution in [0.3, 0.4) is 0 Å². The maximum atomic E-state index is 12.7. The summed E-state index contributed by atoms with van der Waals surface area (Å²) < 4.78 is 33.0. The van der Waals surface area contributed by atoms with E-state index in [1.165, 1.54) is 0 Å². The van der Waals surface area contributed by atoms with Crippen molar-refractivity contribution in [1.29, 1.82) is 0 Å². The summed E-state index contributed by atoms with van der Waals surface area (Å²) in [4.78, 5) is 6.21. The van der Waals surface area contributed by atoms with Crippen LogP contribution in [0.5, 0.6) is 0 Å². The number of ether oxygens (including phenoxy) is 1. The van der Waals surface area contributed by atoms with E-state index in [0.29, 0.717) is 25.6 Å². The van der Waals surface area contributed by atoms with Gasteiger partial charge in [0.1, 0.15) is 0 Å². The lowest BCUT2D eigenvalue weighted by molar-refractivity contribution is 0.0933. The average Bonchev–Trinajstić information content (AvgIpc) is 3.00. The highest BCUT2D eigenvalue weighted by Crippen LogP contribution is 2.32. The zero-order valence-electron chi connectivity index (χ0n) is 14.2. The third-order valence-corrected chi connectivity index (χ3v) is 6.45. The van der Waals surface area contributed by atoms with Gasteiger partial charge in [-0.15, -0.1) is 0 Å². The van der Waals surface area contributed by atoms with E-state index in [0.717, 1.165) is 38.0 Å². The maximum absolute atomic E-state index is 12.7. The lowest BCUT2D eigenvalue weighted by Crippen LogP contribution is -2.26. The molecule has 7 nitrogen and oxygen atoms in total. The highest BCUT2D eigenvalue weighted by atomic mass is 32.2. The van der Waals surface area contributed by atoms with Gasteiger partial charge in [-0.05, 0) is 38.6 Å². The second-order valence-electron chi connectivity index (χ2n) is 6.96. The van der Waals surface area contributed by atoms with E-state index in [4.69, 9.17) is 9.84 Å². The van der Waals surface area contributed by atoms with Crippen LogP contribution >= 0.6 is 0 Å². The molecule has 136 valence electrons. The van der Waals surface area contributed by atoms with Gasteiger partial charge in [-0.1, -0.05) is 0 Å². The molecule has 1 aromatic heterocycles. The van der Waals surface area contributed by atoms with Crippen molar-refractivity contribution in [1.82, 2.24) is 14.5 Å². The maximum Gasteiger partial charge on any atom is 0.227 e. The highest BCUT2D eigenvalue weighted by molar-refractivity contribution is 7.91. The number of hydrogen-bond donors (Lipinski definition) is 1. The molecule has 3 rings (SSSR count). The molecule has 0 aromatic carbocycles. The van der Waals surface area contributed by atoms with Crippen molar-refractivity contribution in [2.24, 2.45) is 5.92 Å². The molecule has 0 radical (unpaired) electrons. The normalized spacial score (nSPS) is 21.7. The van der Waals surface area contributed by atoms with Gasteiger partial charge in [0.25, 0.3) is 0 Å². The fourth-order valence-electron chi connectivity index (χ4n) is 3.15. The number of nitrogens with zero attached hydrogens (tertiary/aromatic N) is 3. The minimum Gasteiger partial charge on any atom is -0.395 e. The van der Waals surface area contributed by atoms with Crippen LogP contribution in [-0.2, 0) is 27.7 Å². The Bertz CT molecular complexity index is 648. The van der Waals surface area contributed by atoms with Gasteiger partial charge in [-0.25, -0.2) is 13.4 Å². The smallest absolute Gasteiger partial charge is 0.227 e. The molecule has 0 spiro atoms. The van der Waals surface area contributed by atoms with Gasteiger partial charge < -0.3 is 14.4 Å². The Labute approximate surface area is 143 Å². The minimum atomic E-state index is -3.37. The second-order valence-corrected chi connectivity index (χ2v) is 8.89. The molecule has 1 aliphatic heterocycles. The van der Waals surface area contributed by atoms with Gasteiger partial charge in [0.15, 0.2) is 0 Å². The SMILES string of the molecule is CN(CCO)Cc1cnc(S(=O)(=O)CC2CC2)n1CC1CCCO1. The van der Waals surface area contributed by atoms with Gasteiger partial charge in [-0.3, -0.25) is 4.90 Å². The lowest BCUT2D eigenvalue weighted by atomic mass is 10.2. The molecule has 0 amide bonds. The summed E-state index contributed by atoms with van der Waals surface area (Å²) in [6.07, 6.45) is 5.67. The van der Waals surface area contributed by atoms with Crippen LogP contribution in [0.1, 0.15) is 31.4 Å². The van der Waals surface area contributed by atoms with E-state index in [9.17, 15) is 8.42 Å². The molecule has 1 aliphatic carbocycles. The van der Waals surface area contributed by atoms with Gasteiger partial charge in [-0.2, -0.15) is 0 Å². The fraction of sp³-hybridized carbons (Fsp3) is 0.812. The van der Waals surface area contributed by atoms with Crippen molar-refractivity contribution in [3.8, 4) is 0 Å². The Balaban J connectivity index is 1.84. The zero-order valence-corrected chi connectivity index (χ0v) is 15.0. The molecule has 0 bridgehead atoms. The molecular weight excluding hydrogens is 330 g/mol. The molecule has 24 heavy (non-hydrogen) atoms. The predicted octanol–water partition coefficient (Wildman–Crippen LogP) is 0.670. The van der Waals surface area contributed by atoms with Crippen LogP contribution in [0.4, 0.5) is 0 Å². The standard InChI is InChI=1S/C16H27N3O4S/c1-18(6-7-20)10-14-9-17-16(24(21,22)12-13-4-5-13)19(14)11-15-3-2-8-23-15/h9,13,15,20H,2-8,10-12H2,1H3. The molecule has 1 aromatic rings. The Hall–Kier alpha value is -0.960. The first-order chi connectivity index (χ1) is 11.5. The van der Waals surface area contributed by atoms with E-state index >= 15 is 0 Å². The monoisotopic (exact) mass is 357 g/mol. The molecule has 2 aliphatic rings. The highest BCUT2D eigenvalue weighted by Gasteiger charge is 2.33. The van der Waals surface area contributed by atoms with Gasteiger partial charge in [0.05, 0.1) is 36.9 Å². The number of rotatable bonds is 9. The Morgan fingerprint density at radius 3 is 2.83 bits per heavy atom. The average molecular weight is 357 g/mol. The molecule has 1 N–H and O–H groups in total. The van der Waals surface area contributed by atoms with Gasteiger partial charge in [0.2, 0.25) is 15.0 Å². The van der Waals surface area contributed by atoms with E-state index in [1.54, 1.807) is 6.20 Å². The van der Waals surface area contributed by atoms with Crippen LogP contribution in [0.25, 0.3) is 0 Å². The Kier molecular flexibility index (Phi) is 5.59. The van der Waals surface area contributed by atoms with E-state index in [1.807, 2.05) is 16.5 Å². The first-order valence-electron chi connectivity index (χ1n) is 8.68. The van der Waals surface area contributed by atoms with Crippen molar-refractivity contribution in [2.75, 3.05) is 32.6 Å². The molecular formula is C16H27N3O4S. The molecule has 8 heteroatoms. The Morgan fingerprint density at radius 1 is 1.42 bits per heavy atom. The van der Waals surface area contributed by atoms with Crippen molar-refractivity contribution in [3.63, 3.8) is 0 Å². The van der Waals surface area contributed by atoms with E-state index in [2.05, 4.69) is 4.98 Å². The van der Waals surface area contributed by atoms with Crippen molar-refractivity contribution in [3.05, 3.63) is 11.9 Å². The van der Waals surface area contributed by atoms with Crippen LogP contribution in [0.15, 0.2) is 11.4 Å². The largest absolute Gasteiger partial charge is 0.395 e. The molecule has 1 saturated heterocycles. The summed E-state index contributed by atoms with van der Waals surface area (Å²) in [5.74, 6) is 0.491. The number of aromatic nitrogens is 2. The van der Waals surface area contributed by atoms with Crippen LogP contribution in [0.2, 0.25) is 0 Å². The van der Waals surface area contributed by atoms with E-state index in [-0.39, 0.29) is 23.6 Å². The first kappa shape index (κ1) is 17.8. The lowest BCUT2D eigenvalue weighted by Gasteiger charge is -2.19. The van der Waals surface area contributed by atoms with E-state index < -0.39 is 9.84 Å². The number of likely N-dealkylation sites (N-methyl/N-ethyl adjacent to an activating group) is 1. The fourth-order valence-corrected chi connectivity index (χ4v) is 4.99. The summed E-state index contributed by atoms with van der Waals surface area (Å²) in [5.41, 5.74) is 0.857. The van der Waals surface area contributed by atoms with Crippen LogP contribution in [-0.4, -0.2) is 66.6 Å². The van der Waals surface area contributed by atoms with Crippen molar-refractivity contribution in [2.45, 2.75) is 50.0 Å². The summed E-state index contributed by atoms with van der Waals surface area (Å²) in [6.45, 7) is 2.43. The molecule has 2 heterocycles. The summed E-state index contributed by atoms with van der Waals surface area (Å²) >= 11 is 0. The van der Waals surface area contributed by atoms with Gasteiger partial charge in [0, 0.05) is 19.7 Å². The zero-order chi connectivity index (χ0) is 17.2. The molecule has 2 fully saturated rings. The molecule has 1 atom stereocenters. The summed E-state index contributed by atoms with van der Waals surface area (Å²) in [5, 5.41) is 9.25. The van der Waals surface area contributed by atoms with Crippen molar-refractivity contribution >= 4 is 9.84 Å². The summed E-state index contributed by atoms with van der Waals surface area (Å²) in [7, 11) is -1.47. The predicted molar refractivity (Wildman–Crippen MR) is 89.4 cm³/mol. The summed E-state index contributed by atoms with van der Waals surface area (Å²) in [6, 6.07) is 0. The molecule has 1 saturated carbocycles.